The Bertz CT molecular complexity index is 577. The number of nitrogens with zero attached hydrogens (tertiary/aromatic N) is 3. The smallest absolute Gasteiger partial charge is 0.317 e. The maximum Gasteiger partial charge on any atom is 0.317 e. The van der Waals surface area contributed by atoms with Crippen LogP contribution in [-0.2, 0) is 9.59 Å². The van der Waals surface area contributed by atoms with Gasteiger partial charge in [-0.05, 0) is 12.8 Å². The minimum absolute atomic E-state index is 0.0894. The number of amides is 4. The molecular weight excluding hydrogens is 324 g/mol. The van der Waals surface area contributed by atoms with Gasteiger partial charge in [0.25, 0.3) is 0 Å². The van der Waals surface area contributed by atoms with Gasteiger partial charge in [0.2, 0.25) is 11.8 Å². The zero-order chi connectivity index (χ0) is 17.6. The Kier molecular flexibility index (Phi) is 4.31. The van der Waals surface area contributed by atoms with Crippen molar-refractivity contribution in [3.05, 3.63) is 0 Å². The molecule has 0 aromatic rings. The van der Waals surface area contributed by atoms with Gasteiger partial charge in [-0.1, -0.05) is 19.3 Å². The zero-order valence-electron chi connectivity index (χ0n) is 14.4. The molecule has 0 radical (unpaired) electrons. The second-order valence-corrected chi connectivity index (χ2v) is 7.67. The van der Waals surface area contributed by atoms with Crippen LogP contribution >= 0.6 is 0 Å². The molecule has 4 rings (SSSR count). The van der Waals surface area contributed by atoms with Gasteiger partial charge >= 0.3 is 6.03 Å². The number of aliphatic hydroxyl groups is 1. The summed E-state index contributed by atoms with van der Waals surface area (Å²) in [5.41, 5.74) is 0. The number of hydrogen-bond acceptors (Lipinski definition) is 4. The molecular formula is C17H26N4O4. The van der Waals surface area contributed by atoms with E-state index in [2.05, 4.69) is 5.32 Å². The Morgan fingerprint density at radius 3 is 2.44 bits per heavy atom. The predicted molar refractivity (Wildman–Crippen MR) is 88.6 cm³/mol. The van der Waals surface area contributed by atoms with Crippen LogP contribution in [0.2, 0.25) is 0 Å². The van der Waals surface area contributed by atoms with Crippen LogP contribution < -0.4 is 5.32 Å². The highest BCUT2D eigenvalue weighted by molar-refractivity contribution is 5.98. The number of rotatable bonds is 1. The minimum Gasteiger partial charge on any atom is -0.391 e. The van der Waals surface area contributed by atoms with Crippen LogP contribution in [0.3, 0.4) is 0 Å². The standard InChI is InChI=1S/C17H26N4O4/c22-12-8-13-15(23)20-7-6-19(10-14(20)16(24)21(13)9-12)17(25)18-11-4-2-1-3-5-11/h11-14,22H,1-10H2,(H,18,25)/t12-,13+,14-/m1/s1. The van der Waals surface area contributed by atoms with Crippen LogP contribution in [0.15, 0.2) is 0 Å². The molecule has 0 aromatic carbocycles. The highest BCUT2D eigenvalue weighted by Gasteiger charge is 2.51. The van der Waals surface area contributed by atoms with E-state index in [0.717, 1.165) is 25.7 Å². The molecule has 3 aliphatic heterocycles. The predicted octanol–water partition coefficient (Wildman–Crippen LogP) is -0.483. The van der Waals surface area contributed by atoms with Gasteiger partial charge < -0.3 is 25.1 Å². The molecule has 3 saturated heterocycles. The topological polar surface area (TPSA) is 93.2 Å². The lowest BCUT2D eigenvalue weighted by Gasteiger charge is -2.47. The number of piperazine rings is 2. The number of carbonyl (C=O) groups is 3. The van der Waals surface area contributed by atoms with E-state index in [1.54, 1.807) is 9.80 Å². The summed E-state index contributed by atoms with van der Waals surface area (Å²) in [6, 6.07) is -1.04. The fraction of sp³-hybridized carbons (Fsp3) is 0.824. The maximum absolute atomic E-state index is 12.8. The van der Waals surface area contributed by atoms with Crippen molar-refractivity contribution < 1.29 is 19.5 Å². The Morgan fingerprint density at radius 1 is 0.960 bits per heavy atom. The number of urea groups is 1. The first-order valence-electron chi connectivity index (χ1n) is 9.39. The number of nitrogens with one attached hydrogen (secondary N) is 1. The van der Waals surface area contributed by atoms with E-state index in [-0.39, 0.29) is 37.0 Å². The van der Waals surface area contributed by atoms with E-state index >= 15 is 0 Å². The van der Waals surface area contributed by atoms with Crippen molar-refractivity contribution in [2.45, 2.75) is 62.8 Å². The average Bonchev–Trinajstić information content (AvgIpc) is 3.02. The molecule has 0 bridgehead atoms. The Labute approximate surface area is 147 Å². The first kappa shape index (κ1) is 16.6. The number of carbonyl (C=O) groups excluding carboxylic acids is 3. The molecule has 8 heteroatoms. The Morgan fingerprint density at radius 2 is 1.68 bits per heavy atom. The highest BCUT2D eigenvalue weighted by Crippen LogP contribution is 2.29. The molecule has 3 atom stereocenters. The molecule has 4 amide bonds. The maximum atomic E-state index is 12.8. The largest absolute Gasteiger partial charge is 0.391 e. The van der Waals surface area contributed by atoms with E-state index in [4.69, 9.17) is 0 Å². The summed E-state index contributed by atoms with van der Waals surface area (Å²) in [6.07, 6.45) is 5.23. The van der Waals surface area contributed by atoms with Crippen molar-refractivity contribution >= 4 is 17.8 Å². The van der Waals surface area contributed by atoms with Gasteiger partial charge in [0, 0.05) is 32.1 Å². The summed E-state index contributed by atoms with van der Waals surface area (Å²) < 4.78 is 0. The molecule has 2 N–H and O–H groups in total. The van der Waals surface area contributed by atoms with Gasteiger partial charge in [0.15, 0.2) is 0 Å². The normalized spacial score (nSPS) is 33.3. The molecule has 25 heavy (non-hydrogen) atoms. The summed E-state index contributed by atoms with van der Waals surface area (Å²) in [6.45, 7) is 1.29. The van der Waals surface area contributed by atoms with E-state index in [0.29, 0.717) is 19.5 Å². The lowest BCUT2D eigenvalue weighted by Crippen LogP contribution is -2.69. The second-order valence-electron chi connectivity index (χ2n) is 7.67. The summed E-state index contributed by atoms with van der Waals surface area (Å²) in [4.78, 5) is 42.7. The monoisotopic (exact) mass is 350 g/mol. The summed E-state index contributed by atoms with van der Waals surface area (Å²) in [5.74, 6) is -0.232. The molecule has 0 spiro atoms. The van der Waals surface area contributed by atoms with Gasteiger partial charge in [0.1, 0.15) is 12.1 Å². The summed E-state index contributed by atoms with van der Waals surface area (Å²) >= 11 is 0. The fourth-order valence-corrected chi connectivity index (χ4v) is 4.63. The van der Waals surface area contributed by atoms with Crippen LogP contribution in [0.25, 0.3) is 0 Å². The van der Waals surface area contributed by atoms with Crippen LogP contribution in [0.4, 0.5) is 4.79 Å². The van der Waals surface area contributed by atoms with Gasteiger partial charge in [-0.15, -0.1) is 0 Å². The second kappa shape index (κ2) is 6.48. The fourth-order valence-electron chi connectivity index (χ4n) is 4.63. The summed E-state index contributed by atoms with van der Waals surface area (Å²) in [7, 11) is 0. The molecule has 4 aliphatic rings. The van der Waals surface area contributed by atoms with Gasteiger partial charge in [-0.2, -0.15) is 0 Å². The Hall–Kier alpha value is -1.83. The van der Waals surface area contributed by atoms with Crippen molar-refractivity contribution in [1.29, 1.82) is 0 Å². The van der Waals surface area contributed by atoms with E-state index < -0.39 is 18.2 Å². The third-order valence-corrected chi connectivity index (χ3v) is 6.02. The number of aliphatic hydroxyl groups excluding tert-OH is 1. The van der Waals surface area contributed by atoms with Crippen LogP contribution in [0.1, 0.15) is 38.5 Å². The highest BCUT2D eigenvalue weighted by atomic mass is 16.3. The van der Waals surface area contributed by atoms with Gasteiger partial charge in [-0.25, -0.2) is 4.79 Å². The van der Waals surface area contributed by atoms with Crippen molar-refractivity contribution in [2.75, 3.05) is 26.2 Å². The lowest BCUT2D eigenvalue weighted by molar-refractivity contribution is -0.162. The SMILES string of the molecule is O=C(NC1CCCCC1)N1CCN2C(=O)[C@@H]3C[C@@H](O)CN3C(=O)[C@H]2C1. The van der Waals surface area contributed by atoms with Crippen molar-refractivity contribution in [1.82, 2.24) is 20.0 Å². The third kappa shape index (κ3) is 2.96. The number of hydrogen-bond donors (Lipinski definition) is 2. The van der Waals surface area contributed by atoms with Crippen LogP contribution in [0, 0.1) is 0 Å². The first-order valence-corrected chi connectivity index (χ1v) is 9.39. The summed E-state index contributed by atoms with van der Waals surface area (Å²) in [5, 5.41) is 12.9. The number of fused-ring (bicyclic) bond motifs is 2. The molecule has 8 nitrogen and oxygen atoms in total. The van der Waals surface area contributed by atoms with E-state index in [1.807, 2.05) is 0 Å². The van der Waals surface area contributed by atoms with Crippen LogP contribution in [-0.4, -0.2) is 88.1 Å². The minimum atomic E-state index is -0.634. The first-order chi connectivity index (χ1) is 12.0. The van der Waals surface area contributed by atoms with Crippen LogP contribution in [0.5, 0.6) is 0 Å². The lowest BCUT2D eigenvalue weighted by atomic mass is 9.95. The third-order valence-electron chi connectivity index (χ3n) is 6.02. The molecule has 1 aliphatic carbocycles. The Balaban J connectivity index is 1.42. The average molecular weight is 350 g/mol. The molecule has 138 valence electrons. The zero-order valence-corrected chi connectivity index (χ0v) is 14.4. The van der Waals surface area contributed by atoms with Gasteiger partial charge in [0.05, 0.1) is 12.6 Å². The molecule has 4 fully saturated rings. The van der Waals surface area contributed by atoms with Gasteiger partial charge in [-0.3, -0.25) is 9.59 Å². The van der Waals surface area contributed by atoms with E-state index in [1.165, 1.54) is 11.3 Å². The van der Waals surface area contributed by atoms with Crippen molar-refractivity contribution in [3.8, 4) is 0 Å². The molecule has 0 aromatic heterocycles. The van der Waals surface area contributed by atoms with Crippen molar-refractivity contribution in [2.24, 2.45) is 0 Å². The van der Waals surface area contributed by atoms with Crippen molar-refractivity contribution in [3.63, 3.8) is 0 Å². The molecule has 1 saturated carbocycles. The van der Waals surface area contributed by atoms with E-state index in [9.17, 15) is 19.5 Å². The molecule has 3 heterocycles. The quantitative estimate of drug-likeness (QED) is 0.668. The molecule has 0 unspecified atom stereocenters.